The van der Waals surface area contributed by atoms with Gasteiger partial charge in [0.15, 0.2) is 18.2 Å². The summed E-state index contributed by atoms with van der Waals surface area (Å²) in [7, 11) is -2.58. The van der Waals surface area contributed by atoms with Gasteiger partial charge in [0.05, 0.1) is 18.5 Å². The van der Waals surface area contributed by atoms with E-state index >= 15 is 0 Å². The van der Waals surface area contributed by atoms with Crippen LogP contribution in [0.3, 0.4) is 0 Å². The maximum atomic E-state index is 13.7. The fourth-order valence-corrected chi connectivity index (χ4v) is 5.18. The Bertz CT molecular complexity index is 1310. The van der Waals surface area contributed by atoms with Crippen molar-refractivity contribution in [1.29, 1.82) is 0 Å². The smallest absolute Gasteiger partial charge is 0.264 e. The summed E-state index contributed by atoms with van der Waals surface area (Å²) in [6.07, 6.45) is 1.93. The molecule has 0 saturated carbocycles. The molecule has 4 rings (SSSR count). The molecule has 0 unspecified atom stereocenters. The van der Waals surface area contributed by atoms with Crippen LogP contribution >= 0.6 is 0 Å². The minimum absolute atomic E-state index is 0.0260. The van der Waals surface area contributed by atoms with E-state index in [-0.39, 0.29) is 16.3 Å². The van der Waals surface area contributed by atoms with Gasteiger partial charge in [-0.2, -0.15) is 0 Å². The van der Waals surface area contributed by atoms with Gasteiger partial charge in [0, 0.05) is 18.8 Å². The number of halogens is 1. The van der Waals surface area contributed by atoms with E-state index in [0.717, 1.165) is 25.9 Å². The van der Waals surface area contributed by atoms with Crippen LogP contribution in [-0.2, 0) is 14.8 Å². The summed E-state index contributed by atoms with van der Waals surface area (Å²) in [5.74, 6) is -0.792. The Balaban J connectivity index is 1.58. The van der Waals surface area contributed by atoms with E-state index in [1.54, 1.807) is 42.5 Å². The highest BCUT2D eigenvalue weighted by atomic mass is 32.2. The maximum Gasteiger partial charge on any atom is 0.264 e. The molecule has 0 aliphatic carbocycles. The molecule has 1 aliphatic heterocycles. The summed E-state index contributed by atoms with van der Waals surface area (Å²) in [4.78, 5) is 14.5. The lowest BCUT2D eigenvalue weighted by atomic mass is 10.2. The normalized spacial score (nSPS) is 13.4. The van der Waals surface area contributed by atoms with E-state index in [9.17, 15) is 17.6 Å². The number of hydrogen-bond acceptors (Lipinski definition) is 6. The van der Waals surface area contributed by atoms with Crippen LogP contribution in [0.25, 0.3) is 0 Å². The summed E-state index contributed by atoms with van der Waals surface area (Å²) in [5, 5.41) is 2.63. The van der Waals surface area contributed by atoms with Crippen molar-refractivity contribution < 1.29 is 27.1 Å². The second-order valence-corrected chi connectivity index (χ2v) is 9.60. The molecule has 10 heteroatoms. The van der Waals surface area contributed by atoms with Crippen molar-refractivity contribution in [2.75, 3.05) is 41.7 Å². The third-order valence-corrected chi connectivity index (χ3v) is 6.92. The van der Waals surface area contributed by atoms with Crippen molar-refractivity contribution >= 4 is 33.0 Å². The van der Waals surface area contributed by atoms with Crippen molar-refractivity contribution in [3.63, 3.8) is 0 Å². The topological polar surface area (TPSA) is 97.0 Å². The number of sulfonamides is 1. The first-order valence-corrected chi connectivity index (χ1v) is 12.6. The molecule has 3 aromatic rings. The molecule has 8 nitrogen and oxygen atoms in total. The second kappa shape index (κ2) is 10.6. The number of nitrogens with zero attached hydrogens (tertiary/aromatic N) is 1. The van der Waals surface area contributed by atoms with Crippen molar-refractivity contribution in [3.8, 4) is 11.5 Å². The first-order valence-electron chi connectivity index (χ1n) is 11.1. The number of nitrogens with one attached hydrogen (secondary N) is 2. The van der Waals surface area contributed by atoms with Crippen molar-refractivity contribution in [2.24, 2.45) is 0 Å². The number of methoxy groups -OCH3 is 1. The van der Waals surface area contributed by atoms with Gasteiger partial charge in [-0.1, -0.05) is 24.3 Å². The number of hydrogen-bond donors (Lipinski definition) is 2. The predicted molar refractivity (Wildman–Crippen MR) is 132 cm³/mol. The summed E-state index contributed by atoms with van der Waals surface area (Å²) < 4.78 is 53.8. The zero-order valence-corrected chi connectivity index (χ0v) is 20.0. The second-order valence-electron chi connectivity index (χ2n) is 7.95. The Kier molecular flexibility index (Phi) is 7.40. The lowest BCUT2D eigenvalue weighted by Gasteiger charge is -2.23. The number of carbonyl (C=O) groups excluding carboxylic acids is 1. The third kappa shape index (κ3) is 5.83. The molecule has 0 radical (unpaired) electrons. The Morgan fingerprint density at radius 1 is 1.00 bits per heavy atom. The molecular weight excluding hydrogens is 473 g/mol. The summed E-state index contributed by atoms with van der Waals surface area (Å²) >= 11 is 0. The molecule has 2 N–H and O–H groups in total. The molecule has 1 heterocycles. The number of benzene rings is 3. The molecule has 1 amide bonds. The number of carbonyl (C=O) groups is 1. The summed E-state index contributed by atoms with van der Waals surface area (Å²) in [6, 6.07) is 17.2. The van der Waals surface area contributed by atoms with Crippen LogP contribution in [0.1, 0.15) is 12.8 Å². The van der Waals surface area contributed by atoms with E-state index in [2.05, 4.69) is 10.0 Å². The van der Waals surface area contributed by atoms with Crippen molar-refractivity contribution in [3.05, 3.63) is 72.5 Å². The molecular formula is C25H26FN3O5S. The molecule has 184 valence electrons. The number of rotatable bonds is 9. The minimum Gasteiger partial charge on any atom is -0.495 e. The molecule has 35 heavy (non-hydrogen) atoms. The van der Waals surface area contributed by atoms with E-state index in [4.69, 9.17) is 9.47 Å². The number of para-hydroxylation sites is 3. The van der Waals surface area contributed by atoms with Crippen molar-refractivity contribution in [1.82, 2.24) is 0 Å². The zero-order valence-electron chi connectivity index (χ0n) is 19.2. The molecule has 1 aliphatic rings. The fraction of sp³-hybridized carbons (Fsp3) is 0.240. The first kappa shape index (κ1) is 24.3. The molecule has 0 spiro atoms. The Morgan fingerprint density at radius 3 is 2.40 bits per heavy atom. The van der Waals surface area contributed by atoms with Gasteiger partial charge < -0.3 is 19.7 Å². The Morgan fingerprint density at radius 2 is 1.69 bits per heavy atom. The standard InChI is InChI=1S/C25H26FN3O5S/c1-33-23-11-5-3-9-20(23)28-35(31,32)24-16-18(12-13-21(24)29-14-6-7-15-29)27-25(30)17-34-22-10-4-2-8-19(22)26/h2-5,8-13,16,28H,6-7,14-15,17H2,1H3,(H,27,30). The van der Waals surface area contributed by atoms with Crippen LogP contribution in [0.2, 0.25) is 0 Å². The maximum absolute atomic E-state index is 13.7. The van der Waals surface area contributed by atoms with Crippen LogP contribution in [0, 0.1) is 5.82 Å². The van der Waals surface area contributed by atoms with Crippen LogP contribution in [0.15, 0.2) is 71.6 Å². The quantitative estimate of drug-likeness (QED) is 0.457. The van der Waals surface area contributed by atoms with Gasteiger partial charge in [-0.15, -0.1) is 0 Å². The Hall–Kier alpha value is -3.79. The minimum atomic E-state index is -4.04. The first-order chi connectivity index (χ1) is 16.9. The van der Waals surface area contributed by atoms with Crippen LogP contribution in [0.5, 0.6) is 11.5 Å². The average Bonchev–Trinajstić information content (AvgIpc) is 3.38. The Labute approximate surface area is 203 Å². The van der Waals surface area contributed by atoms with Gasteiger partial charge in [-0.05, 0) is 55.3 Å². The van der Waals surface area contributed by atoms with Gasteiger partial charge in [-0.25, -0.2) is 12.8 Å². The molecule has 0 aromatic heterocycles. The van der Waals surface area contributed by atoms with Gasteiger partial charge >= 0.3 is 0 Å². The number of amides is 1. The molecule has 3 aromatic carbocycles. The zero-order chi connectivity index (χ0) is 24.8. The largest absolute Gasteiger partial charge is 0.495 e. The van der Waals surface area contributed by atoms with Gasteiger partial charge in [0.25, 0.3) is 15.9 Å². The SMILES string of the molecule is COc1ccccc1NS(=O)(=O)c1cc(NC(=O)COc2ccccc2F)ccc1N1CCCC1. The number of ether oxygens (including phenoxy) is 2. The molecule has 0 bridgehead atoms. The summed E-state index contributed by atoms with van der Waals surface area (Å²) in [6.45, 7) is 1.04. The number of anilines is 3. The van der Waals surface area contributed by atoms with Crippen LogP contribution in [0.4, 0.5) is 21.5 Å². The highest BCUT2D eigenvalue weighted by molar-refractivity contribution is 7.93. The summed E-state index contributed by atoms with van der Waals surface area (Å²) in [5.41, 5.74) is 1.12. The highest BCUT2D eigenvalue weighted by Crippen LogP contribution is 2.34. The van der Waals surface area contributed by atoms with E-state index < -0.39 is 28.4 Å². The van der Waals surface area contributed by atoms with Gasteiger partial charge in [0.2, 0.25) is 0 Å². The lowest BCUT2D eigenvalue weighted by molar-refractivity contribution is -0.118. The van der Waals surface area contributed by atoms with E-state index in [1.165, 1.54) is 31.4 Å². The lowest BCUT2D eigenvalue weighted by Crippen LogP contribution is -2.24. The van der Waals surface area contributed by atoms with E-state index in [0.29, 0.717) is 17.1 Å². The van der Waals surface area contributed by atoms with E-state index in [1.807, 2.05) is 4.90 Å². The average molecular weight is 500 g/mol. The third-order valence-electron chi connectivity index (χ3n) is 5.53. The molecule has 1 fully saturated rings. The highest BCUT2D eigenvalue weighted by Gasteiger charge is 2.26. The van der Waals surface area contributed by atoms with Crippen molar-refractivity contribution in [2.45, 2.75) is 17.7 Å². The van der Waals surface area contributed by atoms with Crippen LogP contribution < -0.4 is 24.4 Å². The van der Waals surface area contributed by atoms with Gasteiger partial charge in [-0.3, -0.25) is 9.52 Å². The fourth-order valence-electron chi connectivity index (χ4n) is 3.86. The molecule has 1 saturated heterocycles. The van der Waals surface area contributed by atoms with Crippen LogP contribution in [-0.4, -0.2) is 41.1 Å². The predicted octanol–water partition coefficient (Wildman–Crippen LogP) is 4.25. The van der Waals surface area contributed by atoms with Gasteiger partial charge in [0.1, 0.15) is 10.6 Å². The monoisotopic (exact) mass is 499 g/mol. The molecule has 0 atom stereocenters.